The fourth-order valence-corrected chi connectivity index (χ4v) is 2.38. The van der Waals surface area contributed by atoms with Gasteiger partial charge in [0.25, 0.3) is 0 Å². The third-order valence-corrected chi connectivity index (χ3v) is 3.66. The highest BCUT2D eigenvalue weighted by molar-refractivity contribution is 6.32. The second-order valence-electron chi connectivity index (χ2n) is 4.92. The second-order valence-corrected chi connectivity index (χ2v) is 5.33. The molecule has 0 spiro atoms. The summed E-state index contributed by atoms with van der Waals surface area (Å²) in [6, 6.07) is 12.4. The number of amides is 2. The van der Waals surface area contributed by atoms with Crippen LogP contribution in [-0.2, 0) is 0 Å². The fourth-order valence-electron chi connectivity index (χ4n) is 2.14. The first-order chi connectivity index (χ1) is 11.0. The van der Waals surface area contributed by atoms with Crippen LogP contribution in [0.3, 0.4) is 0 Å². The Labute approximate surface area is 140 Å². The third-order valence-electron chi connectivity index (χ3n) is 3.37. The molecule has 6 heteroatoms. The smallest absolute Gasteiger partial charge is 0.319 e. The molecule has 0 aliphatic rings. The van der Waals surface area contributed by atoms with Crippen LogP contribution in [-0.4, -0.2) is 20.3 Å². The lowest BCUT2D eigenvalue weighted by molar-refractivity contribution is 0.249. The van der Waals surface area contributed by atoms with E-state index in [9.17, 15) is 4.79 Å². The molecule has 0 bridgehead atoms. The highest BCUT2D eigenvalue weighted by atomic mass is 35.5. The van der Waals surface area contributed by atoms with Gasteiger partial charge in [0.15, 0.2) is 0 Å². The predicted octanol–water partition coefficient (Wildman–Crippen LogP) is 4.24. The molecule has 0 aliphatic heterocycles. The van der Waals surface area contributed by atoms with Crippen molar-refractivity contribution in [3.63, 3.8) is 0 Å². The number of nitrogens with one attached hydrogen (secondary N) is 2. The molecule has 122 valence electrons. The van der Waals surface area contributed by atoms with Gasteiger partial charge >= 0.3 is 6.03 Å². The molecule has 2 N–H and O–H groups in total. The Morgan fingerprint density at radius 2 is 1.74 bits per heavy atom. The number of halogens is 1. The molecule has 5 nitrogen and oxygen atoms in total. The van der Waals surface area contributed by atoms with E-state index in [-0.39, 0.29) is 12.1 Å². The number of ether oxygens (including phenoxy) is 2. The van der Waals surface area contributed by atoms with Gasteiger partial charge in [0.05, 0.1) is 31.0 Å². The van der Waals surface area contributed by atoms with Crippen molar-refractivity contribution in [1.29, 1.82) is 0 Å². The normalized spacial score (nSPS) is 11.5. The van der Waals surface area contributed by atoms with Crippen molar-refractivity contribution < 1.29 is 14.3 Å². The van der Waals surface area contributed by atoms with E-state index >= 15 is 0 Å². The van der Waals surface area contributed by atoms with Gasteiger partial charge in [-0.25, -0.2) is 4.79 Å². The van der Waals surface area contributed by atoms with Crippen molar-refractivity contribution in [3.05, 3.63) is 53.1 Å². The van der Waals surface area contributed by atoms with E-state index in [2.05, 4.69) is 10.6 Å². The Balaban J connectivity index is 2.09. The maximum Gasteiger partial charge on any atom is 0.319 e. The van der Waals surface area contributed by atoms with Crippen molar-refractivity contribution >= 4 is 23.3 Å². The fraction of sp³-hybridized carbons (Fsp3) is 0.235. The van der Waals surface area contributed by atoms with Gasteiger partial charge in [-0.2, -0.15) is 0 Å². The Morgan fingerprint density at radius 1 is 1.09 bits per heavy atom. The minimum atomic E-state index is -0.346. The van der Waals surface area contributed by atoms with Gasteiger partial charge in [0.1, 0.15) is 11.5 Å². The number of benzene rings is 2. The second kappa shape index (κ2) is 7.74. The molecule has 0 heterocycles. The van der Waals surface area contributed by atoms with Crippen LogP contribution in [0, 0.1) is 0 Å². The van der Waals surface area contributed by atoms with Gasteiger partial charge in [-0.3, -0.25) is 0 Å². The SMILES string of the molecule is COc1cc(OC)c(NC(=O)N[C@H](C)c2ccccc2)cc1Cl. The van der Waals surface area contributed by atoms with Crippen LogP contribution >= 0.6 is 11.6 Å². The van der Waals surface area contributed by atoms with Crippen LogP contribution in [0.1, 0.15) is 18.5 Å². The molecule has 0 aromatic heterocycles. The van der Waals surface area contributed by atoms with Crippen LogP contribution in [0.15, 0.2) is 42.5 Å². The average Bonchev–Trinajstić information content (AvgIpc) is 2.55. The first-order valence-corrected chi connectivity index (χ1v) is 7.47. The summed E-state index contributed by atoms with van der Waals surface area (Å²) in [6.07, 6.45) is 0. The van der Waals surface area contributed by atoms with Crippen LogP contribution < -0.4 is 20.1 Å². The monoisotopic (exact) mass is 334 g/mol. The first kappa shape index (κ1) is 17.0. The molecular formula is C17H19ClN2O3. The van der Waals surface area contributed by atoms with Crippen molar-refractivity contribution in [2.75, 3.05) is 19.5 Å². The molecule has 2 aromatic carbocycles. The Bertz CT molecular complexity index is 677. The Hall–Kier alpha value is -2.40. The highest BCUT2D eigenvalue weighted by Crippen LogP contribution is 2.35. The molecule has 0 aliphatic carbocycles. The molecule has 0 fully saturated rings. The number of hydrogen-bond acceptors (Lipinski definition) is 3. The largest absolute Gasteiger partial charge is 0.495 e. The lowest BCUT2D eigenvalue weighted by Gasteiger charge is -2.17. The number of urea groups is 1. The van der Waals surface area contributed by atoms with Gasteiger partial charge in [0, 0.05) is 6.07 Å². The van der Waals surface area contributed by atoms with Crippen molar-refractivity contribution in [1.82, 2.24) is 5.32 Å². The Morgan fingerprint density at radius 3 is 2.35 bits per heavy atom. The van der Waals surface area contributed by atoms with Gasteiger partial charge in [-0.15, -0.1) is 0 Å². The minimum Gasteiger partial charge on any atom is -0.495 e. The number of hydrogen-bond donors (Lipinski definition) is 2. The summed E-state index contributed by atoms with van der Waals surface area (Å²) in [5.74, 6) is 0.945. The summed E-state index contributed by atoms with van der Waals surface area (Å²) in [5.41, 5.74) is 1.48. The summed E-state index contributed by atoms with van der Waals surface area (Å²) < 4.78 is 10.4. The number of carbonyl (C=O) groups excluding carboxylic acids is 1. The highest BCUT2D eigenvalue weighted by Gasteiger charge is 2.14. The summed E-state index contributed by atoms with van der Waals surface area (Å²) in [7, 11) is 3.03. The van der Waals surface area contributed by atoms with Crippen molar-refractivity contribution in [2.45, 2.75) is 13.0 Å². The molecule has 2 aromatic rings. The molecule has 1 atom stereocenters. The van der Waals surface area contributed by atoms with Gasteiger partial charge < -0.3 is 20.1 Å². The van der Waals surface area contributed by atoms with E-state index in [4.69, 9.17) is 21.1 Å². The zero-order chi connectivity index (χ0) is 16.8. The van der Waals surface area contributed by atoms with Crippen molar-refractivity contribution in [2.24, 2.45) is 0 Å². The molecular weight excluding hydrogens is 316 g/mol. The topological polar surface area (TPSA) is 59.6 Å². The van der Waals surface area contributed by atoms with Crippen LogP contribution in [0.4, 0.5) is 10.5 Å². The molecule has 2 rings (SSSR count). The molecule has 2 amide bonds. The summed E-state index contributed by atoms with van der Waals surface area (Å²) in [6.45, 7) is 1.91. The van der Waals surface area contributed by atoms with E-state index in [1.54, 1.807) is 12.1 Å². The van der Waals surface area contributed by atoms with E-state index in [0.717, 1.165) is 5.56 Å². The maximum absolute atomic E-state index is 12.2. The summed E-state index contributed by atoms with van der Waals surface area (Å²) in [4.78, 5) is 12.2. The number of methoxy groups -OCH3 is 2. The van der Waals surface area contributed by atoms with Gasteiger partial charge in [0.2, 0.25) is 0 Å². The number of anilines is 1. The van der Waals surface area contributed by atoms with E-state index in [1.807, 2.05) is 37.3 Å². The molecule has 0 saturated heterocycles. The number of carbonyl (C=O) groups is 1. The maximum atomic E-state index is 12.2. The number of rotatable bonds is 5. The van der Waals surface area contributed by atoms with E-state index in [1.165, 1.54) is 14.2 Å². The molecule has 23 heavy (non-hydrogen) atoms. The van der Waals surface area contributed by atoms with E-state index in [0.29, 0.717) is 22.2 Å². The van der Waals surface area contributed by atoms with Crippen LogP contribution in [0.5, 0.6) is 11.5 Å². The van der Waals surface area contributed by atoms with Crippen LogP contribution in [0.25, 0.3) is 0 Å². The zero-order valence-electron chi connectivity index (χ0n) is 13.2. The first-order valence-electron chi connectivity index (χ1n) is 7.09. The molecule has 0 unspecified atom stereocenters. The zero-order valence-corrected chi connectivity index (χ0v) is 14.0. The summed E-state index contributed by atoms with van der Waals surface area (Å²) >= 11 is 6.09. The quantitative estimate of drug-likeness (QED) is 0.859. The standard InChI is InChI=1S/C17H19ClN2O3/c1-11(12-7-5-4-6-8-12)19-17(21)20-14-9-13(18)15(22-2)10-16(14)23-3/h4-11H,1-3H3,(H2,19,20,21)/t11-/m1/s1. The summed E-state index contributed by atoms with van der Waals surface area (Å²) in [5, 5.41) is 5.99. The van der Waals surface area contributed by atoms with Crippen molar-refractivity contribution in [3.8, 4) is 11.5 Å². The molecule has 0 saturated carbocycles. The minimum absolute atomic E-state index is 0.129. The Kier molecular flexibility index (Phi) is 5.71. The third kappa shape index (κ3) is 4.29. The lowest BCUT2D eigenvalue weighted by atomic mass is 10.1. The average molecular weight is 335 g/mol. The lowest BCUT2D eigenvalue weighted by Crippen LogP contribution is -2.31. The predicted molar refractivity (Wildman–Crippen MR) is 91.6 cm³/mol. The van der Waals surface area contributed by atoms with E-state index < -0.39 is 0 Å². The van der Waals surface area contributed by atoms with Gasteiger partial charge in [-0.05, 0) is 18.6 Å². The van der Waals surface area contributed by atoms with Gasteiger partial charge in [-0.1, -0.05) is 41.9 Å². The molecule has 0 radical (unpaired) electrons. The van der Waals surface area contributed by atoms with Crippen LogP contribution in [0.2, 0.25) is 5.02 Å².